The molecule has 1 saturated heterocycles. The summed E-state index contributed by atoms with van der Waals surface area (Å²) in [5, 5.41) is 19.8. The number of anilines is 1. The maximum absolute atomic E-state index is 14.1. The first kappa shape index (κ1) is 27.3. The third kappa shape index (κ3) is 5.54. The van der Waals surface area contributed by atoms with Crippen LogP contribution < -0.4 is 9.64 Å². The first-order valence-electron chi connectivity index (χ1n) is 12.3. The Morgan fingerprint density at radius 3 is 2.52 bits per heavy atom. The number of hydrogen-bond donors (Lipinski definition) is 1. The van der Waals surface area contributed by atoms with Crippen LogP contribution in [0.25, 0.3) is 5.76 Å². The Bertz CT molecular complexity index is 1600. The van der Waals surface area contributed by atoms with Gasteiger partial charge < -0.3 is 9.84 Å². The number of carbonyl (C=O) groups is 2. The average molecular weight is 574 g/mol. The lowest BCUT2D eigenvalue weighted by atomic mass is 9.95. The first-order chi connectivity index (χ1) is 19.4. The molecule has 202 valence electrons. The number of aliphatic hydroxyl groups is 1. The van der Waals surface area contributed by atoms with Crippen molar-refractivity contribution in [3.8, 4) is 5.75 Å². The zero-order valence-electron chi connectivity index (χ0n) is 21.4. The quantitative estimate of drug-likeness (QED) is 0.0613. The highest BCUT2D eigenvalue weighted by molar-refractivity contribution is 8.00. The van der Waals surface area contributed by atoms with Crippen LogP contribution in [0.15, 0.2) is 95.4 Å². The van der Waals surface area contributed by atoms with E-state index in [4.69, 9.17) is 4.74 Å². The standard InChI is InChI=1S/C30H24FN3O4S2/c1-3-16-38-22-14-12-19(13-15-22)25-24(26(35)20-10-8-18(2)9-11-20)27(36)28(37)34(25)29-32-33-30(40-29)39-17-21-6-4-5-7-23(21)31/h3-15,25,35H,1,16-17H2,2H3/b26-24-. The van der Waals surface area contributed by atoms with Gasteiger partial charge >= 0.3 is 5.91 Å². The van der Waals surface area contributed by atoms with Gasteiger partial charge in [-0.1, -0.05) is 95.9 Å². The van der Waals surface area contributed by atoms with Crippen LogP contribution in [0.2, 0.25) is 0 Å². The highest BCUT2D eigenvalue weighted by atomic mass is 32.2. The van der Waals surface area contributed by atoms with Crippen LogP contribution in [0.5, 0.6) is 5.75 Å². The molecule has 1 aliphatic heterocycles. The largest absolute Gasteiger partial charge is 0.507 e. The number of benzene rings is 3. The van der Waals surface area contributed by atoms with E-state index in [0.29, 0.717) is 39.1 Å². The summed E-state index contributed by atoms with van der Waals surface area (Å²) in [5.41, 5.74) is 2.44. The molecule has 1 N–H and O–H groups in total. The van der Waals surface area contributed by atoms with Crippen molar-refractivity contribution in [1.82, 2.24) is 10.2 Å². The van der Waals surface area contributed by atoms with E-state index in [1.165, 1.54) is 22.7 Å². The Kier molecular flexibility index (Phi) is 8.09. The van der Waals surface area contributed by atoms with Crippen LogP contribution in [-0.4, -0.2) is 33.6 Å². The molecular weight excluding hydrogens is 549 g/mol. The fourth-order valence-corrected chi connectivity index (χ4v) is 6.08. The molecule has 2 heterocycles. The van der Waals surface area contributed by atoms with Gasteiger partial charge in [-0.05, 0) is 36.2 Å². The zero-order valence-corrected chi connectivity index (χ0v) is 23.0. The number of aromatic nitrogens is 2. The molecule has 1 aromatic heterocycles. The molecule has 1 aliphatic rings. The Hall–Kier alpha value is -4.28. The number of halogens is 1. The van der Waals surface area contributed by atoms with Gasteiger partial charge in [-0.25, -0.2) is 4.39 Å². The fraction of sp³-hybridized carbons (Fsp3) is 0.133. The predicted octanol–water partition coefficient (Wildman–Crippen LogP) is 6.47. The molecule has 0 saturated carbocycles. The molecular formula is C30H24FN3O4S2. The van der Waals surface area contributed by atoms with Crippen LogP contribution >= 0.6 is 23.1 Å². The second kappa shape index (κ2) is 11.8. The van der Waals surface area contributed by atoms with Crippen LogP contribution in [-0.2, 0) is 15.3 Å². The van der Waals surface area contributed by atoms with Crippen molar-refractivity contribution in [2.24, 2.45) is 0 Å². The van der Waals surface area contributed by atoms with Gasteiger partial charge in [-0.2, -0.15) is 0 Å². The molecule has 4 aromatic rings. The maximum atomic E-state index is 14.1. The number of Topliss-reactive ketones (excluding diaryl/α,β-unsaturated/α-hetero) is 1. The fourth-order valence-electron chi connectivity index (χ4n) is 4.23. The van der Waals surface area contributed by atoms with Crippen LogP contribution in [0, 0.1) is 12.7 Å². The monoisotopic (exact) mass is 573 g/mol. The number of nitrogens with zero attached hydrogens (tertiary/aromatic N) is 3. The summed E-state index contributed by atoms with van der Waals surface area (Å²) in [7, 11) is 0. The van der Waals surface area contributed by atoms with Crippen LogP contribution in [0.3, 0.4) is 0 Å². The number of amides is 1. The van der Waals surface area contributed by atoms with Crippen molar-refractivity contribution in [2.75, 3.05) is 11.5 Å². The molecule has 1 fully saturated rings. The SMILES string of the molecule is C=CCOc1ccc(C2/C(=C(/O)c3ccc(C)cc3)C(=O)C(=O)N2c2nnc(SCc3ccccc3F)s2)cc1. The number of rotatable bonds is 9. The van der Waals surface area contributed by atoms with Crippen molar-refractivity contribution in [2.45, 2.75) is 23.1 Å². The number of carbonyl (C=O) groups excluding carboxylic acids is 2. The summed E-state index contributed by atoms with van der Waals surface area (Å²) in [6.45, 7) is 5.88. The van der Waals surface area contributed by atoms with E-state index in [0.717, 1.165) is 16.9 Å². The Morgan fingerprint density at radius 2 is 1.82 bits per heavy atom. The van der Waals surface area contributed by atoms with E-state index in [-0.39, 0.29) is 22.3 Å². The van der Waals surface area contributed by atoms with E-state index in [1.807, 2.05) is 19.1 Å². The molecule has 0 radical (unpaired) electrons. The molecule has 1 atom stereocenters. The second-order valence-corrected chi connectivity index (χ2v) is 11.1. The lowest BCUT2D eigenvalue weighted by Crippen LogP contribution is -2.29. The summed E-state index contributed by atoms with van der Waals surface area (Å²) in [6.07, 6.45) is 1.63. The van der Waals surface area contributed by atoms with Crippen molar-refractivity contribution in [3.05, 3.63) is 119 Å². The predicted molar refractivity (Wildman–Crippen MR) is 154 cm³/mol. The molecule has 1 unspecified atom stereocenters. The molecule has 0 bridgehead atoms. The number of ether oxygens (including phenoxy) is 1. The smallest absolute Gasteiger partial charge is 0.301 e. The van der Waals surface area contributed by atoms with E-state index >= 15 is 0 Å². The van der Waals surface area contributed by atoms with Crippen molar-refractivity contribution >= 4 is 45.7 Å². The molecule has 5 rings (SSSR count). The van der Waals surface area contributed by atoms with Gasteiger partial charge in [0.05, 0.1) is 11.6 Å². The van der Waals surface area contributed by atoms with Gasteiger partial charge in [0.25, 0.3) is 5.78 Å². The summed E-state index contributed by atoms with van der Waals surface area (Å²) >= 11 is 2.39. The number of ketones is 1. The molecule has 40 heavy (non-hydrogen) atoms. The Balaban J connectivity index is 1.53. The lowest BCUT2D eigenvalue weighted by Gasteiger charge is -2.22. The van der Waals surface area contributed by atoms with E-state index in [9.17, 15) is 19.1 Å². The van der Waals surface area contributed by atoms with Gasteiger partial charge in [0.15, 0.2) is 4.34 Å². The van der Waals surface area contributed by atoms with Crippen LogP contribution in [0.4, 0.5) is 9.52 Å². The van der Waals surface area contributed by atoms with Gasteiger partial charge in [0.1, 0.15) is 23.9 Å². The first-order valence-corrected chi connectivity index (χ1v) is 14.1. The van der Waals surface area contributed by atoms with Gasteiger partial charge in [-0.15, -0.1) is 10.2 Å². The third-order valence-electron chi connectivity index (χ3n) is 6.24. The molecule has 1 amide bonds. The highest BCUT2D eigenvalue weighted by Crippen LogP contribution is 2.44. The number of thioether (sulfide) groups is 1. The van der Waals surface area contributed by atoms with Crippen molar-refractivity contribution in [1.29, 1.82) is 0 Å². The molecule has 0 aliphatic carbocycles. The topological polar surface area (TPSA) is 92.6 Å². The van der Waals surface area contributed by atoms with E-state index in [2.05, 4.69) is 16.8 Å². The average Bonchev–Trinajstić information content (AvgIpc) is 3.53. The number of hydrogen-bond acceptors (Lipinski definition) is 8. The lowest BCUT2D eigenvalue weighted by molar-refractivity contribution is -0.132. The molecule has 10 heteroatoms. The number of aryl methyl sites for hydroxylation is 1. The summed E-state index contributed by atoms with van der Waals surface area (Å²) in [6, 6.07) is 19.5. The van der Waals surface area contributed by atoms with Crippen molar-refractivity contribution < 1.29 is 23.8 Å². The maximum Gasteiger partial charge on any atom is 0.301 e. The summed E-state index contributed by atoms with van der Waals surface area (Å²) in [4.78, 5) is 28.0. The highest BCUT2D eigenvalue weighted by Gasteiger charge is 2.48. The van der Waals surface area contributed by atoms with E-state index in [1.54, 1.807) is 60.7 Å². The second-order valence-electron chi connectivity index (χ2n) is 8.93. The number of aliphatic hydroxyl groups excluding tert-OH is 1. The van der Waals surface area contributed by atoms with E-state index < -0.39 is 17.7 Å². The van der Waals surface area contributed by atoms with Gasteiger partial charge in [0, 0.05) is 11.3 Å². The minimum absolute atomic E-state index is 0.0515. The minimum Gasteiger partial charge on any atom is -0.507 e. The normalized spacial score (nSPS) is 16.4. The minimum atomic E-state index is -0.952. The van der Waals surface area contributed by atoms with Gasteiger partial charge in [0.2, 0.25) is 5.13 Å². The van der Waals surface area contributed by atoms with Gasteiger partial charge in [-0.3, -0.25) is 14.5 Å². The van der Waals surface area contributed by atoms with Crippen LogP contribution in [0.1, 0.15) is 28.3 Å². The summed E-state index contributed by atoms with van der Waals surface area (Å²) in [5.74, 6) is -1.35. The zero-order chi connectivity index (χ0) is 28.2. The van der Waals surface area contributed by atoms with Crippen molar-refractivity contribution in [3.63, 3.8) is 0 Å². The Labute approximate surface area is 238 Å². The molecule has 7 nitrogen and oxygen atoms in total. The molecule has 0 spiro atoms. The Morgan fingerprint density at radius 1 is 1.10 bits per heavy atom. The molecule has 3 aromatic carbocycles. The summed E-state index contributed by atoms with van der Waals surface area (Å²) < 4.78 is 20.2. The third-order valence-corrected chi connectivity index (χ3v) is 8.35.